The van der Waals surface area contributed by atoms with Gasteiger partial charge in [0.25, 0.3) is 0 Å². The maximum Gasteiger partial charge on any atom is 0.143 e. The summed E-state index contributed by atoms with van der Waals surface area (Å²) in [5.74, 6) is 0.964. The first kappa shape index (κ1) is 12.8. The SMILES string of the molecule is C.COC[C@H]1CN(C)c2ccc(C)cc2O1. The zero-order valence-corrected chi connectivity index (χ0v) is 9.49. The Labute approximate surface area is 98.0 Å². The second kappa shape index (κ2) is 5.21. The average molecular weight is 223 g/mol. The fraction of sp³-hybridized carbons (Fsp3) is 0.538. The second-order valence-corrected chi connectivity index (χ2v) is 4.05. The summed E-state index contributed by atoms with van der Waals surface area (Å²) in [5.41, 5.74) is 2.38. The number of hydrogen-bond donors (Lipinski definition) is 0. The molecular formula is C13H21NO2. The van der Waals surface area contributed by atoms with Gasteiger partial charge in [-0.15, -0.1) is 0 Å². The minimum atomic E-state index is 0. The van der Waals surface area contributed by atoms with E-state index in [0.717, 1.165) is 18.0 Å². The molecule has 16 heavy (non-hydrogen) atoms. The summed E-state index contributed by atoms with van der Waals surface area (Å²) in [6.07, 6.45) is 0.134. The van der Waals surface area contributed by atoms with Crippen molar-refractivity contribution in [1.29, 1.82) is 0 Å². The minimum absolute atomic E-state index is 0. The highest BCUT2D eigenvalue weighted by Gasteiger charge is 2.22. The lowest BCUT2D eigenvalue weighted by atomic mass is 10.1. The Morgan fingerprint density at radius 2 is 2.25 bits per heavy atom. The van der Waals surface area contributed by atoms with E-state index in [1.807, 2.05) is 0 Å². The largest absolute Gasteiger partial charge is 0.484 e. The topological polar surface area (TPSA) is 21.7 Å². The van der Waals surface area contributed by atoms with Gasteiger partial charge in [0.15, 0.2) is 0 Å². The normalized spacial score (nSPS) is 18.4. The minimum Gasteiger partial charge on any atom is -0.484 e. The molecule has 1 aromatic carbocycles. The Kier molecular flexibility index (Phi) is 4.19. The van der Waals surface area contributed by atoms with Gasteiger partial charge < -0.3 is 14.4 Å². The summed E-state index contributed by atoms with van der Waals surface area (Å²) in [7, 11) is 3.79. The molecule has 0 N–H and O–H groups in total. The van der Waals surface area contributed by atoms with Crippen molar-refractivity contribution in [3.8, 4) is 5.75 Å². The van der Waals surface area contributed by atoms with Crippen LogP contribution in [-0.4, -0.2) is 33.4 Å². The van der Waals surface area contributed by atoms with E-state index < -0.39 is 0 Å². The molecule has 0 saturated heterocycles. The third-order valence-corrected chi connectivity index (χ3v) is 2.65. The van der Waals surface area contributed by atoms with Gasteiger partial charge in [0.05, 0.1) is 18.8 Å². The average Bonchev–Trinajstić information content (AvgIpc) is 2.17. The van der Waals surface area contributed by atoms with Crippen LogP contribution in [0.2, 0.25) is 0 Å². The number of likely N-dealkylation sites (N-methyl/N-ethyl adjacent to an activating group) is 1. The number of fused-ring (bicyclic) bond motifs is 1. The van der Waals surface area contributed by atoms with E-state index in [4.69, 9.17) is 9.47 Å². The van der Waals surface area contributed by atoms with Crippen LogP contribution in [0.4, 0.5) is 5.69 Å². The van der Waals surface area contributed by atoms with E-state index in [0.29, 0.717) is 6.61 Å². The molecule has 0 spiro atoms. The van der Waals surface area contributed by atoms with Crippen LogP contribution in [0.3, 0.4) is 0 Å². The number of ether oxygens (including phenoxy) is 2. The van der Waals surface area contributed by atoms with E-state index in [1.54, 1.807) is 7.11 Å². The van der Waals surface area contributed by atoms with Crippen LogP contribution in [-0.2, 0) is 4.74 Å². The molecule has 0 aliphatic carbocycles. The summed E-state index contributed by atoms with van der Waals surface area (Å²) >= 11 is 0. The Morgan fingerprint density at radius 3 is 2.94 bits per heavy atom. The fourth-order valence-electron chi connectivity index (χ4n) is 1.92. The van der Waals surface area contributed by atoms with Crippen LogP contribution in [0.1, 0.15) is 13.0 Å². The van der Waals surface area contributed by atoms with Crippen LogP contribution >= 0.6 is 0 Å². The maximum absolute atomic E-state index is 5.86. The van der Waals surface area contributed by atoms with Crippen LogP contribution < -0.4 is 9.64 Å². The first-order valence-electron chi connectivity index (χ1n) is 5.18. The lowest BCUT2D eigenvalue weighted by Crippen LogP contribution is -2.40. The molecule has 3 heteroatoms. The Hall–Kier alpha value is -1.22. The second-order valence-electron chi connectivity index (χ2n) is 4.05. The molecule has 2 rings (SSSR count). The summed E-state index contributed by atoms with van der Waals surface area (Å²) in [6, 6.07) is 6.29. The number of benzene rings is 1. The lowest BCUT2D eigenvalue weighted by molar-refractivity contribution is 0.0801. The molecule has 0 radical (unpaired) electrons. The quantitative estimate of drug-likeness (QED) is 0.769. The van der Waals surface area contributed by atoms with Crippen molar-refractivity contribution < 1.29 is 9.47 Å². The van der Waals surface area contributed by atoms with Crippen LogP contribution in [0.15, 0.2) is 18.2 Å². The Balaban J connectivity index is 0.00000128. The highest BCUT2D eigenvalue weighted by molar-refractivity contribution is 5.60. The highest BCUT2D eigenvalue weighted by Crippen LogP contribution is 2.33. The third-order valence-electron chi connectivity index (χ3n) is 2.65. The van der Waals surface area contributed by atoms with Gasteiger partial charge in [-0.25, -0.2) is 0 Å². The van der Waals surface area contributed by atoms with Gasteiger partial charge in [0.2, 0.25) is 0 Å². The molecule has 90 valence electrons. The number of anilines is 1. The summed E-state index contributed by atoms with van der Waals surface area (Å²) in [5, 5.41) is 0. The van der Waals surface area contributed by atoms with Crippen molar-refractivity contribution in [2.75, 3.05) is 32.2 Å². The summed E-state index contributed by atoms with van der Waals surface area (Å²) in [6.45, 7) is 3.59. The van der Waals surface area contributed by atoms with Crippen molar-refractivity contribution in [2.45, 2.75) is 20.5 Å². The standard InChI is InChI=1S/C12H17NO2.CH4/c1-9-4-5-11-12(6-9)15-10(8-14-3)7-13(11)2;/h4-6,10H,7-8H2,1-3H3;1H4/t10-;/m1./s1. The van der Waals surface area contributed by atoms with Crippen molar-refractivity contribution in [3.63, 3.8) is 0 Å². The van der Waals surface area contributed by atoms with E-state index in [2.05, 4.69) is 37.1 Å². The van der Waals surface area contributed by atoms with Crippen molar-refractivity contribution >= 4 is 5.69 Å². The maximum atomic E-state index is 5.86. The van der Waals surface area contributed by atoms with E-state index in [1.165, 1.54) is 5.56 Å². The fourth-order valence-corrected chi connectivity index (χ4v) is 1.92. The number of rotatable bonds is 2. The van der Waals surface area contributed by atoms with Gasteiger partial charge >= 0.3 is 0 Å². The van der Waals surface area contributed by atoms with Crippen LogP contribution in [0.5, 0.6) is 5.75 Å². The molecule has 1 aliphatic rings. The van der Waals surface area contributed by atoms with E-state index in [-0.39, 0.29) is 13.5 Å². The summed E-state index contributed by atoms with van der Waals surface area (Å²) < 4.78 is 11.0. The molecule has 1 heterocycles. The van der Waals surface area contributed by atoms with Gasteiger partial charge in [-0.05, 0) is 24.6 Å². The zero-order valence-electron chi connectivity index (χ0n) is 9.49. The molecule has 0 amide bonds. The zero-order chi connectivity index (χ0) is 10.8. The van der Waals surface area contributed by atoms with Crippen molar-refractivity contribution in [3.05, 3.63) is 23.8 Å². The smallest absolute Gasteiger partial charge is 0.143 e. The number of aryl methyl sites for hydroxylation is 1. The Bertz CT molecular complexity index is 352. The predicted molar refractivity (Wildman–Crippen MR) is 67.5 cm³/mol. The van der Waals surface area contributed by atoms with Crippen molar-refractivity contribution in [2.24, 2.45) is 0 Å². The molecule has 0 fully saturated rings. The van der Waals surface area contributed by atoms with Gasteiger partial charge in [0.1, 0.15) is 11.9 Å². The van der Waals surface area contributed by atoms with E-state index in [9.17, 15) is 0 Å². The van der Waals surface area contributed by atoms with Crippen LogP contribution in [0.25, 0.3) is 0 Å². The Morgan fingerprint density at radius 1 is 1.50 bits per heavy atom. The molecule has 1 aromatic rings. The molecule has 1 atom stereocenters. The number of nitrogens with zero attached hydrogens (tertiary/aromatic N) is 1. The number of hydrogen-bond acceptors (Lipinski definition) is 3. The monoisotopic (exact) mass is 223 g/mol. The lowest BCUT2D eigenvalue weighted by Gasteiger charge is -2.33. The predicted octanol–water partition coefficient (Wildman–Crippen LogP) is 2.47. The molecule has 0 bridgehead atoms. The molecule has 3 nitrogen and oxygen atoms in total. The van der Waals surface area contributed by atoms with Gasteiger partial charge in [-0.3, -0.25) is 0 Å². The van der Waals surface area contributed by atoms with Crippen molar-refractivity contribution in [1.82, 2.24) is 0 Å². The van der Waals surface area contributed by atoms with Gasteiger partial charge in [-0.1, -0.05) is 13.5 Å². The first-order valence-corrected chi connectivity index (χ1v) is 5.18. The highest BCUT2D eigenvalue weighted by atomic mass is 16.5. The number of methoxy groups -OCH3 is 1. The molecule has 0 unspecified atom stereocenters. The van der Waals surface area contributed by atoms with Gasteiger partial charge in [-0.2, -0.15) is 0 Å². The molecule has 1 aliphatic heterocycles. The first-order chi connectivity index (χ1) is 7.20. The third kappa shape index (κ3) is 2.47. The summed E-state index contributed by atoms with van der Waals surface area (Å²) in [4.78, 5) is 2.21. The van der Waals surface area contributed by atoms with Gasteiger partial charge in [0, 0.05) is 14.2 Å². The van der Waals surface area contributed by atoms with E-state index >= 15 is 0 Å². The molecule has 0 aromatic heterocycles. The molecule has 0 saturated carbocycles. The van der Waals surface area contributed by atoms with Crippen LogP contribution in [0, 0.1) is 6.92 Å². The molecular weight excluding hydrogens is 202 g/mol.